The highest BCUT2D eigenvalue weighted by Gasteiger charge is 2.39. The summed E-state index contributed by atoms with van der Waals surface area (Å²) < 4.78 is 5.26. The van der Waals surface area contributed by atoms with Crippen LogP contribution in [0, 0.1) is 5.92 Å². The van der Waals surface area contributed by atoms with Crippen molar-refractivity contribution in [3.8, 4) is 5.75 Å². The maximum absolute atomic E-state index is 12.1. The second-order valence-electron chi connectivity index (χ2n) is 6.26. The fraction of sp³-hybridized carbons (Fsp3) is 0.250. The normalized spacial score (nSPS) is 22.0. The van der Waals surface area contributed by atoms with Crippen LogP contribution in [0.2, 0.25) is 0 Å². The summed E-state index contributed by atoms with van der Waals surface area (Å²) in [5, 5.41) is 0. The predicted octanol–water partition coefficient (Wildman–Crippen LogP) is 3.59. The first-order chi connectivity index (χ1) is 11.7. The Hall–Kier alpha value is -2.20. The highest BCUT2D eigenvalue weighted by atomic mass is 32.2. The molecule has 2 aliphatic rings. The van der Waals surface area contributed by atoms with E-state index in [-0.39, 0.29) is 17.7 Å². The summed E-state index contributed by atoms with van der Waals surface area (Å²) in [4.78, 5) is 13.4. The van der Waals surface area contributed by atoms with Crippen LogP contribution in [-0.2, 0) is 11.2 Å². The molecule has 0 bridgehead atoms. The van der Waals surface area contributed by atoms with Crippen LogP contribution < -0.4 is 10.5 Å². The molecular formula is C20H19NO2S. The van der Waals surface area contributed by atoms with Gasteiger partial charge in [-0.15, -0.1) is 11.8 Å². The summed E-state index contributed by atoms with van der Waals surface area (Å²) in [5.41, 5.74) is 10.9. The molecule has 0 spiro atoms. The Labute approximate surface area is 145 Å². The summed E-state index contributed by atoms with van der Waals surface area (Å²) in [5.74, 6) is 1.22. The van der Waals surface area contributed by atoms with Gasteiger partial charge in [-0.25, -0.2) is 0 Å². The van der Waals surface area contributed by atoms with Gasteiger partial charge in [0.05, 0.1) is 13.0 Å². The lowest BCUT2D eigenvalue weighted by Crippen LogP contribution is -2.33. The predicted molar refractivity (Wildman–Crippen MR) is 97.9 cm³/mol. The number of rotatable bonds is 3. The molecule has 2 unspecified atom stereocenters. The molecular weight excluding hydrogens is 318 g/mol. The van der Waals surface area contributed by atoms with Gasteiger partial charge in [-0.2, -0.15) is 0 Å². The number of thioether (sulfide) groups is 1. The van der Waals surface area contributed by atoms with E-state index < -0.39 is 0 Å². The molecule has 0 aromatic heterocycles. The first-order valence-electron chi connectivity index (χ1n) is 8.06. The van der Waals surface area contributed by atoms with E-state index in [0.29, 0.717) is 0 Å². The van der Waals surface area contributed by atoms with Gasteiger partial charge in [-0.1, -0.05) is 36.4 Å². The van der Waals surface area contributed by atoms with E-state index in [1.807, 2.05) is 12.1 Å². The molecule has 1 heterocycles. The van der Waals surface area contributed by atoms with Gasteiger partial charge < -0.3 is 10.5 Å². The van der Waals surface area contributed by atoms with Crippen molar-refractivity contribution in [2.45, 2.75) is 12.3 Å². The number of benzene rings is 2. The number of primary amides is 1. The molecule has 1 aliphatic heterocycles. The smallest absolute Gasteiger partial charge is 0.222 e. The fourth-order valence-corrected chi connectivity index (χ4v) is 5.22. The van der Waals surface area contributed by atoms with E-state index in [4.69, 9.17) is 10.5 Å². The van der Waals surface area contributed by atoms with Crippen LogP contribution in [0.1, 0.15) is 22.6 Å². The average Bonchev–Trinajstić information content (AvgIpc) is 2.99. The topological polar surface area (TPSA) is 52.3 Å². The van der Waals surface area contributed by atoms with Gasteiger partial charge in [0.25, 0.3) is 0 Å². The zero-order valence-corrected chi connectivity index (χ0v) is 14.3. The zero-order chi connectivity index (χ0) is 16.7. The third-order valence-electron chi connectivity index (χ3n) is 4.96. The van der Waals surface area contributed by atoms with Gasteiger partial charge in [-0.05, 0) is 40.8 Å². The maximum Gasteiger partial charge on any atom is 0.222 e. The van der Waals surface area contributed by atoms with Gasteiger partial charge in [-0.3, -0.25) is 4.79 Å². The number of ether oxygens (including phenoxy) is 1. The molecule has 2 atom stereocenters. The summed E-state index contributed by atoms with van der Waals surface area (Å²) in [6.07, 6.45) is 0.902. The minimum atomic E-state index is -0.217. The number of hydrogen-bond acceptors (Lipinski definition) is 3. The van der Waals surface area contributed by atoms with E-state index >= 15 is 0 Å². The van der Waals surface area contributed by atoms with Crippen molar-refractivity contribution < 1.29 is 9.53 Å². The largest absolute Gasteiger partial charge is 0.497 e. The van der Waals surface area contributed by atoms with Crippen molar-refractivity contribution in [3.63, 3.8) is 0 Å². The number of methoxy groups -OCH3 is 1. The highest BCUT2D eigenvalue weighted by Crippen LogP contribution is 2.52. The first kappa shape index (κ1) is 15.3. The Morgan fingerprint density at radius 1 is 1.17 bits per heavy atom. The molecule has 1 aliphatic carbocycles. The summed E-state index contributed by atoms with van der Waals surface area (Å²) in [7, 11) is 1.66. The van der Waals surface area contributed by atoms with E-state index in [1.54, 1.807) is 18.9 Å². The lowest BCUT2D eigenvalue weighted by Gasteiger charge is -2.31. The number of amides is 1. The molecule has 2 aromatic carbocycles. The molecule has 0 saturated heterocycles. The number of carbonyl (C=O) groups excluding carboxylic acids is 1. The Balaban J connectivity index is 1.80. The van der Waals surface area contributed by atoms with Gasteiger partial charge in [0.15, 0.2) is 0 Å². The van der Waals surface area contributed by atoms with E-state index in [1.165, 1.54) is 21.6 Å². The van der Waals surface area contributed by atoms with Crippen molar-refractivity contribution >= 4 is 22.6 Å². The van der Waals surface area contributed by atoms with Crippen molar-refractivity contribution in [1.29, 1.82) is 0 Å². The van der Waals surface area contributed by atoms with Gasteiger partial charge in [0.1, 0.15) is 5.75 Å². The Morgan fingerprint density at radius 2 is 1.92 bits per heavy atom. The minimum Gasteiger partial charge on any atom is -0.497 e. The summed E-state index contributed by atoms with van der Waals surface area (Å²) in [6.45, 7) is 0. The molecule has 122 valence electrons. The Bertz CT molecular complexity index is 826. The lowest BCUT2D eigenvalue weighted by atomic mass is 9.79. The van der Waals surface area contributed by atoms with Crippen LogP contribution in [0.4, 0.5) is 0 Å². The Morgan fingerprint density at radius 3 is 2.62 bits per heavy atom. The Kier molecular flexibility index (Phi) is 3.85. The monoisotopic (exact) mass is 337 g/mol. The quantitative estimate of drug-likeness (QED) is 0.931. The molecule has 2 aromatic rings. The van der Waals surface area contributed by atoms with Crippen molar-refractivity contribution in [3.05, 3.63) is 70.8 Å². The molecule has 1 amide bonds. The van der Waals surface area contributed by atoms with Crippen LogP contribution in [0.15, 0.2) is 54.1 Å². The summed E-state index contributed by atoms with van der Waals surface area (Å²) >= 11 is 1.77. The van der Waals surface area contributed by atoms with Crippen LogP contribution in [0.3, 0.4) is 0 Å². The standard InChI is InChI=1S/C20H19NO2S/c1-23-14-8-6-12(7-9-14)18-16-10-13-4-2-3-5-15(13)19(16)24-11-17(18)20(21)22/h2-9,17-18H,10-11H2,1H3,(H2,21,22). The highest BCUT2D eigenvalue weighted by molar-refractivity contribution is 8.08. The minimum absolute atomic E-state index is 0.0528. The van der Waals surface area contributed by atoms with Crippen LogP contribution in [-0.4, -0.2) is 18.8 Å². The second kappa shape index (κ2) is 6.02. The number of allylic oxidation sites excluding steroid dienone is 1. The SMILES string of the molecule is COc1ccc(C2C3=C(SCC2C(N)=O)c2ccccc2C3)cc1. The zero-order valence-electron chi connectivity index (χ0n) is 13.5. The van der Waals surface area contributed by atoms with Gasteiger partial charge in [0.2, 0.25) is 5.91 Å². The number of nitrogens with two attached hydrogens (primary N) is 1. The molecule has 3 nitrogen and oxygen atoms in total. The van der Waals surface area contributed by atoms with Crippen molar-refractivity contribution in [1.82, 2.24) is 0 Å². The fourth-order valence-electron chi connectivity index (χ4n) is 3.78. The van der Waals surface area contributed by atoms with Crippen LogP contribution in [0.5, 0.6) is 5.75 Å². The number of hydrogen-bond donors (Lipinski definition) is 1. The van der Waals surface area contributed by atoms with Crippen LogP contribution >= 0.6 is 11.8 Å². The molecule has 2 N–H and O–H groups in total. The van der Waals surface area contributed by atoms with E-state index in [2.05, 4.69) is 36.4 Å². The maximum atomic E-state index is 12.1. The van der Waals surface area contributed by atoms with Crippen LogP contribution in [0.25, 0.3) is 4.91 Å². The number of fused-ring (bicyclic) bond motifs is 2. The summed E-state index contributed by atoms with van der Waals surface area (Å²) in [6, 6.07) is 16.5. The molecule has 0 fully saturated rings. The van der Waals surface area contributed by atoms with E-state index in [9.17, 15) is 4.79 Å². The van der Waals surface area contributed by atoms with Gasteiger partial charge in [0, 0.05) is 16.6 Å². The third kappa shape index (κ3) is 2.42. The number of carbonyl (C=O) groups is 1. The second-order valence-corrected chi connectivity index (χ2v) is 7.29. The third-order valence-corrected chi connectivity index (χ3v) is 6.26. The lowest BCUT2D eigenvalue weighted by molar-refractivity contribution is -0.121. The van der Waals surface area contributed by atoms with Gasteiger partial charge >= 0.3 is 0 Å². The van der Waals surface area contributed by atoms with Crippen molar-refractivity contribution in [2.75, 3.05) is 12.9 Å². The van der Waals surface area contributed by atoms with Crippen molar-refractivity contribution in [2.24, 2.45) is 11.7 Å². The molecule has 4 rings (SSSR count). The average molecular weight is 337 g/mol. The first-order valence-corrected chi connectivity index (χ1v) is 9.05. The molecule has 24 heavy (non-hydrogen) atoms. The molecule has 4 heteroatoms. The molecule has 0 radical (unpaired) electrons. The van der Waals surface area contributed by atoms with E-state index in [0.717, 1.165) is 23.5 Å². The molecule has 0 saturated carbocycles.